The van der Waals surface area contributed by atoms with E-state index >= 15 is 0 Å². The highest BCUT2D eigenvalue weighted by molar-refractivity contribution is 5.81. The van der Waals surface area contributed by atoms with Crippen molar-refractivity contribution in [1.82, 2.24) is 20.9 Å². The van der Waals surface area contributed by atoms with Crippen LogP contribution in [0.3, 0.4) is 0 Å². The Morgan fingerprint density at radius 1 is 1.17 bits per heavy atom. The summed E-state index contributed by atoms with van der Waals surface area (Å²) in [4.78, 5) is 24.4. The Hall–Kier alpha value is -1.30. The molecule has 6 nitrogen and oxygen atoms in total. The number of hydrogen-bond acceptors (Lipinski definition) is 3. The lowest BCUT2D eigenvalue weighted by atomic mass is 10.2. The average molecular weight is 258 g/mol. The summed E-state index contributed by atoms with van der Waals surface area (Å²) in [6.07, 6.45) is 0.914. The second-order valence-electron chi connectivity index (χ2n) is 4.62. The maximum absolute atomic E-state index is 11.7. The lowest BCUT2D eigenvalue weighted by Gasteiger charge is -2.18. The zero-order valence-electron chi connectivity index (χ0n) is 12.0. The van der Waals surface area contributed by atoms with Crippen LogP contribution in [0.5, 0.6) is 0 Å². The lowest BCUT2D eigenvalue weighted by molar-refractivity contribution is -0.123. The van der Waals surface area contributed by atoms with Gasteiger partial charge in [0.1, 0.15) is 0 Å². The van der Waals surface area contributed by atoms with Gasteiger partial charge in [-0.3, -0.25) is 4.79 Å². The molecule has 0 aromatic rings. The fourth-order valence-corrected chi connectivity index (χ4v) is 1.18. The van der Waals surface area contributed by atoms with E-state index in [4.69, 9.17) is 0 Å². The van der Waals surface area contributed by atoms with Gasteiger partial charge in [0, 0.05) is 33.2 Å². The SMILES string of the molecule is CCC(C)NC(=O)C(C)NCCNC(=O)N(C)C. The van der Waals surface area contributed by atoms with Gasteiger partial charge in [-0.1, -0.05) is 6.92 Å². The third-order valence-electron chi connectivity index (χ3n) is 2.65. The molecule has 0 aromatic carbocycles. The number of carbonyl (C=O) groups is 2. The second-order valence-corrected chi connectivity index (χ2v) is 4.62. The molecule has 3 amide bonds. The standard InChI is InChI=1S/C12H26N4O2/c1-6-9(2)15-11(17)10(3)13-7-8-14-12(18)16(4)5/h9-10,13H,6-8H2,1-5H3,(H,14,18)(H,15,17). The van der Waals surface area contributed by atoms with E-state index in [0.29, 0.717) is 13.1 Å². The average Bonchev–Trinajstić information content (AvgIpc) is 2.33. The third-order valence-corrected chi connectivity index (χ3v) is 2.65. The minimum absolute atomic E-state index is 0.0108. The fraction of sp³-hybridized carbons (Fsp3) is 0.833. The number of urea groups is 1. The van der Waals surface area contributed by atoms with Crippen LogP contribution in [0, 0.1) is 0 Å². The highest BCUT2D eigenvalue weighted by atomic mass is 16.2. The van der Waals surface area contributed by atoms with E-state index in [1.54, 1.807) is 14.1 Å². The Labute approximate surface area is 109 Å². The molecule has 0 spiro atoms. The van der Waals surface area contributed by atoms with Crippen molar-refractivity contribution in [1.29, 1.82) is 0 Å². The molecule has 0 aliphatic carbocycles. The Bertz CT molecular complexity index is 269. The van der Waals surface area contributed by atoms with Gasteiger partial charge in [-0.2, -0.15) is 0 Å². The minimum atomic E-state index is -0.254. The predicted octanol–water partition coefficient (Wildman–Crippen LogP) is 0.150. The minimum Gasteiger partial charge on any atom is -0.352 e. The molecule has 0 saturated carbocycles. The van der Waals surface area contributed by atoms with Crippen LogP contribution in [0.1, 0.15) is 27.2 Å². The molecule has 3 N–H and O–H groups in total. The highest BCUT2D eigenvalue weighted by Crippen LogP contribution is 1.90. The quantitative estimate of drug-likeness (QED) is 0.569. The van der Waals surface area contributed by atoms with E-state index in [1.165, 1.54) is 4.90 Å². The number of amides is 3. The molecular weight excluding hydrogens is 232 g/mol. The normalized spacial score (nSPS) is 13.6. The molecule has 0 aliphatic rings. The van der Waals surface area contributed by atoms with Crippen molar-refractivity contribution in [2.75, 3.05) is 27.2 Å². The first-order valence-electron chi connectivity index (χ1n) is 6.37. The largest absolute Gasteiger partial charge is 0.352 e. The molecule has 0 aromatic heterocycles. The number of carbonyl (C=O) groups excluding carboxylic acids is 2. The van der Waals surface area contributed by atoms with Crippen molar-refractivity contribution in [2.45, 2.75) is 39.3 Å². The Morgan fingerprint density at radius 3 is 2.28 bits per heavy atom. The van der Waals surface area contributed by atoms with Gasteiger partial charge in [0.05, 0.1) is 6.04 Å². The van der Waals surface area contributed by atoms with Gasteiger partial charge in [-0.05, 0) is 20.3 Å². The van der Waals surface area contributed by atoms with Crippen molar-refractivity contribution in [3.05, 3.63) is 0 Å². The van der Waals surface area contributed by atoms with Crippen LogP contribution >= 0.6 is 0 Å². The van der Waals surface area contributed by atoms with Gasteiger partial charge in [0.2, 0.25) is 5.91 Å². The first kappa shape index (κ1) is 16.7. The first-order chi connectivity index (χ1) is 8.38. The van der Waals surface area contributed by atoms with Crippen molar-refractivity contribution >= 4 is 11.9 Å². The Morgan fingerprint density at radius 2 is 1.78 bits per heavy atom. The summed E-state index contributed by atoms with van der Waals surface area (Å²) < 4.78 is 0. The molecule has 0 heterocycles. The van der Waals surface area contributed by atoms with Gasteiger partial charge in [-0.15, -0.1) is 0 Å². The van der Waals surface area contributed by atoms with Gasteiger partial charge in [0.25, 0.3) is 0 Å². The van der Waals surface area contributed by atoms with E-state index in [2.05, 4.69) is 16.0 Å². The van der Waals surface area contributed by atoms with Crippen molar-refractivity contribution in [3.63, 3.8) is 0 Å². The van der Waals surface area contributed by atoms with Crippen LogP contribution in [-0.2, 0) is 4.79 Å². The van der Waals surface area contributed by atoms with E-state index in [1.807, 2.05) is 20.8 Å². The molecule has 0 aliphatic heterocycles. The van der Waals surface area contributed by atoms with Gasteiger partial charge in [-0.25, -0.2) is 4.79 Å². The van der Waals surface area contributed by atoms with E-state index in [9.17, 15) is 9.59 Å². The summed E-state index contributed by atoms with van der Waals surface area (Å²) in [7, 11) is 3.37. The molecule has 18 heavy (non-hydrogen) atoms. The van der Waals surface area contributed by atoms with Crippen molar-refractivity contribution in [2.24, 2.45) is 0 Å². The summed E-state index contributed by atoms with van der Waals surface area (Å²) in [6.45, 7) is 6.87. The molecule has 0 saturated heterocycles. The van der Waals surface area contributed by atoms with E-state index in [0.717, 1.165) is 6.42 Å². The van der Waals surface area contributed by atoms with Crippen LogP contribution in [0.25, 0.3) is 0 Å². The number of nitrogens with one attached hydrogen (secondary N) is 3. The van der Waals surface area contributed by atoms with Crippen molar-refractivity contribution in [3.8, 4) is 0 Å². The van der Waals surface area contributed by atoms with Crippen LogP contribution < -0.4 is 16.0 Å². The molecule has 2 atom stereocenters. The van der Waals surface area contributed by atoms with Crippen LogP contribution in [0.4, 0.5) is 4.79 Å². The van der Waals surface area contributed by atoms with Crippen LogP contribution in [0.2, 0.25) is 0 Å². The van der Waals surface area contributed by atoms with Gasteiger partial charge in [0.15, 0.2) is 0 Å². The van der Waals surface area contributed by atoms with E-state index in [-0.39, 0.29) is 24.0 Å². The Balaban J connectivity index is 3.73. The third kappa shape index (κ3) is 7.11. The predicted molar refractivity (Wildman–Crippen MR) is 72.4 cm³/mol. The monoisotopic (exact) mass is 258 g/mol. The summed E-state index contributed by atoms with van der Waals surface area (Å²) in [5, 5.41) is 8.68. The van der Waals surface area contributed by atoms with Gasteiger partial charge < -0.3 is 20.9 Å². The summed E-state index contributed by atoms with van der Waals surface area (Å²) in [5.74, 6) is -0.0108. The fourth-order valence-electron chi connectivity index (χ4n) is 1.18. The summed E-state index contributed by atoms with van der Waals surface area (Å²) in [5.41, 5.74) is 0. The smallest absolute Gasteiger partial charge is 0.316 e. The highest BCUT2D eigenvalue weighted by Gasteiger charge is 2.13. The number of nitrogens with zero attached hydrogens (tertiary/aromatic N) is 1. The van der Waals surface area contributed by atoms with Crippen molar-refractivity contribution < 1.29 is 9.59 Å². The zero-order chi connectivity index (χ0) is 14.1. The molecule has 2 unspecified atom stereocenters. The topological polar surface area (TPSA) is 73.5 Å². The molecule has 0 bridgehead atoms. The number of rotatable bonds is 7. The lowest BCUT2D eigenvalue weighted by Crippen LogP contribution is -2.47. The molecular formula is C12H26N4O2. The molecule has 106 valence electrons. The summed E-state index contributed by atoms with van der Waals surface area (Å²) in [6, 6.07) is -0.195. The zero-order valence-corrected chi connectivity index (χ0v) is 12.0. The first-order valence-corrected chi connectivity index (χ1v) is 6.37. The van der Waals surface area contributed by atoms with E-state index < -0.39 is 0 Å². The maximum Gasteiger partial charge on any atom is 0.316 e. The van der Waals surface area contributed by atoms with Crippen LogP contribution in [0.15, 0.2) is 0 Å². The summed E-state index contributed by atoms with van der Waals surface area (Å²) >= 11 is 0. The molecule has 0 rings (SSSR count). The Kier molecular flexibility index (Phi) is 8.11. The maximum atomic E-state index is 11.7. The van der Waals surface area contributed by atoms with Crippen LogP contribution in [-0.4, -0.2) is 56.1 Å². The molecule has 6 heteroatoms. The second kappa shape index (κ2) is 8.74. The molecule has 0 radical (unpaired) electrons. The number of hydrogen-bond donors (Lipinski definition) is 3. The molecule has 0 fully saturated rings. The van der Waals surface area contributed by atoms with Gasteiger partial charge >= 0.3 is 6.03 Å².